The lowest BCUT2D eigenvalue weighted by Gasteiger charge is -2.12. The van der Waals surface area contributed by atoms with Gasteiger partial charge in [-0.15, -0.1) is 0 Å². The molecule has 3 nitrogen and oxygen atoms in total. The van der Waals surface area contributed by atoms with Gasteiger partial charge in [-0.2, -0.15) is 0 Å². The van der Waals surface area contributed by atoms with Gasteiger partial charge >= 0.3 is 0 Å². The number of hydrogen-bond acceptors (Lipinski definition) is 3. The van der Waals surface area contributed by atoms with Crippen LogP contribution in [0.5, 0.6) is 11.5 Å². The number of halogens is 3. The van der Waals surface area contributed by atoms with Gasteiger partial charge < -0.3 is 15.2 Å². The zero-order valence-electron chi connectivity index (χ0n) is 10.6. The second-order valence-corrected chi connectivity index (χ2v) is 5.80. The van der Waals surface area contributed by atoms with Crippen molar-refractivity contribution < 1.29 is 9.84 Å². The largest absolute Gasteiger partial charge is 0.504 e. The molecule has 0 saturated carbocycles. The van der Waals surface area contributed by atoms with Crippen molar-refractivity contribution in [1.29, 1.82) is 0 Å². The summed E-state index contributed by atoms with van der Waals surface area (Å²) in [5.41, 5.74) is 1.53. The normalized spacial score (nSPS) is 10.4. The summed E-state index contributed by atoms with van der Waals surface area (Å²) in [5, 5.41) is 14.4. The van der Waals surface area contributed by atoms with Crippen LogP contribution in [0.15, 0.2) is 34.8 Å². The van der Waals surface area contributed by atoms with Gasteiger partial charge in [0.2, 0.25) is 0 Å². The molecular formula is C14H12BrCl2NO2. The van der Waals surface area contributed by atoms with Gasteiger partial charge in [-0.1, -0.05) is 23.2 Å². The molecule has 0 aliphatic heterocycles. The third-order valence-electron chi connectivity index (χ3n) is 2.74. The monoisotopic (exact) mass is 375 g/mol. The summed E-state index contributed by atoms with van der Waals surface area (Å²) in [6.07, 6.45) is 0. The van der Waals surface area contributed by atoms with E-state index in [-0.39, 0.29) is 5.75 Å². The van der Waals surface area contributed by atoms with E-state index < -0.39 is 0 Å². The molecule has 2 aromatic rings. The average Bonchev–Trinajstić information content (AvgIpc) is 2.43. The molecule has 0 unspecified atom stereocenters. The van der Waals surface area contributed by atoms with E-state index in [0.29, 0.717) is 27.9 Å². The lowest BCUT2D eigenvalue weighted by molar-refractivity contribution is 0.371. The van der Waals surface area contributed by atoms with Crippen molar-refractivity contribution in [2.24, 2.45) is 0 Å². The lowest BCUT2D eigenvalue weighted by Crippen LogP contribution is -2.00. The molecule has 0 aliphatic rings. The second kappa shape index (κ2) is 6.57. The summed E-state index contributed by atoms with van der Waals surface area (Å²) in [6.45, 7) is 0.414. The van der Waals surface area contributed by atoms with Crippen LogP contribution in [-0.4, -0.2) is 12.2 Å². The molecule has 0 fully saturated rings. The number of benzene rings is 2. The molecule has 0 amide bonds. The van der Waals surface area contributed by atoms with E-state index in [1.54, 1.807) is 18.2 Å². The predicted octanol–water partition coefficient (Wildman–Crippen LogP) is 5.08. The number of anilines is 1. The number of rotatable bonds is 4. The van der Waals surface area contributed by atoms with Crippen LogP contribution in [0.25, 0.3) is 0 Å². The van der Waals surface area contributed by atoms with Crippen molar-refractivity contribution in [2.75, 3.05) is 12.4 Å². The van der Waals surface area contributed by atoms with E-state index in [2.05, 4.69) is 21.2 Å². The fourth-order valence-corrected chi connectivity index (χ4v) is 2.45. The number of methoxy groups -OCH3 is 1. The first kappa shape index (κ1) is 15.3. The summed E-state index contributed by atoms with van der Waals surface area (Å²) in [6, 6.07) is 8.76. The SMILES string of the molecule is COc1cc(Cl)cc(CNc2ccc(Cl)c(Br)c2)c1O. The summed E-state index contributed by atoms with van der Waals surface area (Å²) < 4.78 is 5.87. The van der Waals surface area contributed by atoms with Gasteiger partial charge in [-0.3, -0.25) is 0 Å². The summed E-state index contributed by atoms with van der Waals surface area (Å²) in [5.74, 6) is 0.434. The predicted molar refractivity (Wildman–Crippen MR) is 86.1 cm³/mol. The molecule has 106 valence electrons. The highest BCUT2D eigenvalue weighted by Gasteiger charge is 2.10. The van der Waals surface area contributed by atoms with Gasteiger partial charge in [0.1, 0.15) is 0 Å². The Morgan fingerprint density at radius 1 is 1.25 bits per heavy atom. The zero-order chi connectivity index (χ0) is 14.7. The molecule has 0 spiro atoms. The molecule has 0 aliphatic carbocycles. The van der Waals surface area contributed by atoms with Gasteiger partial charge in [0, 0.05) is 33.4 Å². The van der Waals surface area contributed by atoms with Crippen molar-refractivity contribution in [2.45, 2.75) is 6.54 Å². The maximum absolute atomic E-state index is 10.0. The zero-order valence-corrected chi connectivity index (χ0v) is 13.7. The number of nitrogens with one attached hydrogen (secondary N) is 1. The van der Waals surface area contributed by atoms with Crippen molar-refractivity contribution >= 4 is 44.8 Å². The molecule has 0 radical (unpaired) electrons. The average molecular weight is 377 g/mol. The Labute approximate surface area is 135 Å². The topological polar surface area (TPSA) is 41.5 Å². The third kappa shape index (κ3) is 3.51. The highest BCUT2D eigenvalue weighted by Crippen LogP contribution is 2.34. The Balaban J connectivity index is 2.18. The van der Waals surface area contributed by atoms with Crippen molar-refractivity contribution in [3.63, 3.8) is 0 Å². The summed E-state index contributed by atoms with van der Waals surface area (Å²) >= 11 is 15.3. The van der Waals surface area contributed by atoms with Crippen LogP contribution in [0.4, 0.5) is 5.69 Å². The minimum Gasteiger partial charge on any atom is -0.504 e. The van der Waals surface area contributed by atoms with Crippen LogP contribution in [0.1, 0.15) is 5.56 Å². The summed E-state index contributed by atoms with van der Waals surface area (Å²) in [4.78, 5) is 0. The molecule has 2 rings (SSSR count). The Bertz CT molecular complexity index is 635. The van der Waals surface area contributed by atoms with Gasteiger partial charge in [-0.05, 0) is 40.2 Å². The van der Waals surface area contributed by atoms with Crippen molar-refractivity contribution in [1.82, 2.24) is 0 Å². The molecular weight excluding hydrogens is 365 g/mol. The molecule has 2 aromatic carbocycles. The van der Waals surface area contributed by atoms with E-state index in [9.17, 15) is 5.11 Å². The molecule has 0 atom stereocenters. The van der Waals surface area contributed by atoms with E-state index in [1.165, 1.54) is 7.11 Å². The highest BCUT2D eigenvalue weighted by atomic mass is 79.9. The second-order valence-electron chi connectivity index (χ2n) is 4.10. The van der Waals surface area contributed by atoms with Crippen molar-refractivity contribution in [3.8, 4) is 11.5 Å². The number of phenolic OH excluding ortho intramolecular Hbond substituents is 1. The van der Waals surface area contributed by atoms with Crippen LogP contribution in [0.3, 0.4) is 0 Å². The van der Waals surface area contributed by atoms with Crippen LogP contribution in [0, 0.1) is 0 Å². The first-order valence-corrected chi connectivity index (χ1v) is 7.30. The minimum absolute atomic E-state index is 0.0810. The lowest BCUT2D eigenvalue weighted by atomic mass is 10.1. The Kier molecular flexibility index (Phi) is 5.02. The third-order valence-corrected chi connectivity index (χ3v) is 4.17. The minimum atomic E-state index is 0.0810. The van der Waals surface area contributed by atoms with Crippen LogP contribution in [-0.2, 0) is 6.54 Å². The van der Waals surface area contributed by atoms with E-state index in [4.69, 9.17) is 27.9 Å². The molecule has 0 aromatic heterocycles. The number of aromatic hydroxyl groups is 1. The maximum atomic E-state index is 10.0. The first-order valence-electron chi connectivity index (χ1n) is 5.75. The molecule has 0 heterocycles. The Hall–Kier alpha value is -1.10. The fraction of sp³-hybridized carbons (Fsp3) is 0.143. The van der Waals surface area contributed by atoms with Gasteiger partial charge in [0.25, 0.3) is 0 Å². The number of hydrogen-bond donors (Lipinski definition) is 2. The van der Waals surface area contributed by atoms with E-state index in [0.717, 1.165) is 10.2 Å². The van der Waals surface area contributed by atoms with Gasteiger partial charge in [-0.25, -0.2) is 0 Å². The standard InChI is InChI=1S/C14H12BrCl2NO2/c1-20-13-5-9(16)4-8(14(13)19)7-18-10-2-3-12(17)11(15)6-10/h2-6,18-19H,7H2,1H3. The quantitative estimate of drug-likeness (QED) is 0.781. The van der Waals surface area contributed by atoms with Gasteiger partial charge in [0.15, 0.2) is 11.5 Å². The van der Waals surface area contributed by atoms with Crippen LogP contribution in [0.2, 0.25) is 10.0 Å². The fourth-order valence-electron chi connectivity index (χ4n) is 1.72. The first-order chi connectivity index (χ1) is 9.51. The molecule has 0 bridgehead atoms. The molecule has 20 heavy (non-hydrogen) atoms. The van der Waals surface area contributed by atoms with Gasteiger partial charge in [0.05, 0.1) is 12.1 Å². The van der Waals surface area contributed by atoms with E-state index in [1.807, 2.05) is 12.1 Å². The number of ether oxygens (including phenoxy) is 1. The Morgan fingerprint density at radius 2 is 2.00 bits per heavy atom. The van der Waals surface area contributed by atoms with Crippen LogP contribution >= 0.6 is 39.1 Å². The highest BCUT2D eigenvalue weighted by molar-refractivity contribution is 9.10. The smallest absolute Gasteiger partial charge is 0.162 e. The van der Waals surface area contributed by atoms with Crippen molar-refractivity contribution in [3.05, 3.63) is 50.4 Å². The molecule has 0 saturated heterocycles. The molecule has 2 N–H and O–H groups in total. The van der Waals surface area contributed by atoms with E-state index >= 15 is 0 Å². The summed E-state index contributed by atoms with van der Waals surface area (Å²) in [7, 11) is 1.49. The Morgan fingerprint density at radius 3 is 2.65 bits per heavy atom. The number of phenols is 1. The van der Waals surface area contributed by atoms with Crippen LogP contribution < -0.4 is 10.1 Å². The maximum Gasteiger partial charge on any atom is 0.162 e. The molecule has 6 heteroatoms.